The SMILES string of the molecule is CC12CCCCC1(C)N1c3cccc4c3B(c3ccccc3[Si]4(c3ccccc3)c3ccccc3)c3cccc2c31. The van der Waals surface area contributed by atoms with E-state index in [1.807, 2.05) is 0 Å². The molecule has 0 amide bonds. The summed E-state index contributed by atoms with van der Waals surface area (Å²) in [6.45, 7) is 5.40. The average Bonchev–Trinajstić information content (AvgIpc) is 3.24. The smallest absolute Gasteiger partial charge is 0.246 e. The highest BCUT2D eigenvalue weighted by molar-refractivity contribution is 7.26. The first kappa shape index (κ1) is 23.8. The van der Waals surface area contributed by atoms with Gasteiger partial charge in [0.05, 0.1) is 5.54 Å². The second-order valence-corrected chi connectivity index (χ2v) is 16.9. The quantitative estimate of drug-likeness (QED) is 0.299. The number of hydrogen-bond donors (Lipinski definition) is 0. The Kier molecular flexibility index (Phi) is 4.73. The van der Waals surface area contributed by atoms with Gasteiger partial charge in [-0.3, -0.25) is 0 Å². The lowest BCUT2D eigenvalue weighted by molar-refractivity contribution is 0.195. The van der Waals surface area contributed by atoms with Gasteiger partial charge in [-0.15, -0.1) is 0 Å². The van der Waals surface area contributed by atoms with Crippen LogP contribution in [0.15, 0.2) is 121 Å². The van der Waals surface area contributed by atoms with E-state index in [0.29, 0.717) is 0 Å². The third-order valence-electron chi connectivity index (χ3n) is 11.6. The molecule has 0 spiro atoms. The van der Waals surface area contributed by atoms with Gasteiger partial charge in [0.1, 0.15) is 0 Å². The molecule has 0 saturated heterocycles. The van der Waals surface area contributed by atoms with Crippen molar-refractivity contribution in [2.24, 2.45) is 0 Å². The lowest BCUT2D eigenvalue weighted by Crippen LogP contribution is -2.87. The van der Waals surface area contributed by atoms with Gasteiger partial charge in [0.25, 0.3) is 0 Å². The zero-order valence-corrected chi connectivity index (χ0v) is 24.9. The van der Waals surface area contributed by atoms with Crippen LogP contribution in [0.1, 0.15) is 45.1 Å². The van der Waals surface area contributed by atoms with E-state index in [9.17, 15) is 0 Å². The fraction of sp³-hybridized carbons (Fsp3) is 0.211. The number of hydrogen-bond acceptors (Lipinski definition) is 1. The molecule has 2 unspecified atom stereocenters. The molecule has 3 heterocycles. The Morgan fingerprint density at radius 1 is 0.610 bits per heavy atom. The predicted molar refractivity (Wildman–Crippen MR) is 178 cm³/mol. The van der Waals surface area contributed by atoms with Gasteiger partial charge >= 0.3 is 0 Å². The van der Waals surface area contributed by atoms with Gasteiger partial charge in [-0.1, -0.05) is 140 Å². The maximum atomic E-state index is 2.84. The van der Waals surface area contributed by atoms with E-state index in [0.717, 1.165) is 0 Å². The Morgan fingerprint density at radius 3 is 1.98 bits per heavy atom. The highest BCUT2D eigenvalue weighted by Gasteiger charge is 2.62. The predicted octanol–water partition coefficient (Wildman–Crippen LogP) is 3.95. The lowest BCUT2D eigenvalue weighted by Gasteiger charge is -2.53. The molecule has 0 radical (unpaired) electrons. The van der Waals surface area contributed by atoms with Crippen molar-refractivity contribution in [1.29, 1.82) is 0 Å². The number of anilines is 2. The molecular weight excluding hydrogens is 509 g/mol. The van der Waals surface area contributed by atoms with E-state index in [4.69, 9.17) is 0 Å². The Hall–Kier alpha value is -3.82. The number of para-hydroxylation sites is 1. The van der Waals surface area contributed by atoms with Gasteiger partial charge in [0.15, 0.2) is 8.07 Å². The minimum absolute atomic E-state index is 0.0739. The standard InChI is InChI=1S/C38H34BNSi/c1-37-25-11-12-26-38(37,2)40-32-22-14-24-34-35(32)39(31-21-13-19-29(37)36(31)40)30-20-9-10-23-33(30)41(34,27-15-5-3-6-16-27)28-17-7-4-8-18-28/h3-10,13-24H,11-12,25-26H2,1-2H3. The van der Waals surface area contributed by atoms with Crippen LogP contribution in [0.25, 0.3) is 0 Å². The zero-order valence-electron chi connectivity index (χ0n) is 23.9. The second kappa shape index (κ2) is 8.14. The normalized spacial score (nSPS) is 24.2. The molecule has 5 aromatic carbocycles. The summed E-state index contributed by atoms with van der Waals surface area (Å²) in [7, 11) is -2.59. The Labute approximate surface area is 245 Å². The van der Waals surface area contributed by atoms with Crippen LogP contribution in [0.3, 0.4) is 0 Å². The van der Waals surface area contributed by atoms with Crippen LogP contribution >= 0.6 is 0 Å². The molecule has 41 heavy (non-hydrogen) atoms. The summed E-state index contributed by atoms with van der Waals surface area (Å²) in [6, 6.07) is 47.0. The van der Waals surface area contributed by atoms with Crippen molar-refractivity contribution in [2.45, 2.75) is 50.5 Å². The molecular formula is C38H34BNSi. The molecule has 1 fully saturated rings. The Balaban J connectivity index is 1.46. The molecule has 3 aliphatic heterocycles. The van der Waals surface area contributed by atoms with E-state index in [1.54, 1.807) is 21.4 Å². The molecule has 2 atom stereocenters. The number of benzene rings is 5. The topological polar surface area (TPSA) is 3.24 Å². The highest BCUT2D eigenvalue weighted by Crippen LogP contribution is 2.60. The summed E-state index contributed by atoms with van der Waals surface area (Å²) >= 11 is 0. The van der Waals surface area contributed by atoms with Crippen molar-refractivity contribution >= 4 is 63.3 Å². The molecule has 9 rings (SSSR count). The van der Waals surface area contributed by atoms with E-state index >= 15 is 0 Å². The first-order valence-electron chi connectivity index (χ1n) is 15.4. The third-order valence-corrected chi connectivity index (χ3v) is 16.5. The Bertz CT molecular complexity index is 1810. The van der Waals surface area contributed by atoms with Crippen molar-refractivity contribution in [3.05, 3.63) is 127 Å². The molecule has 0 aromatic heterocycles. The molecule has 4 aliphatic rings. The lowest BCUT2D eigenvalue weighted by atomic mass is 9.34. The zero-order chi connectivity index (χ0) is 27.4. The molecule has 0 bridgehead atoms. The monoisotopic (exact) mass is 543 g/mol. The number of rotatable bonds is 2. The number of fused-ring (bicyclic) bond motifs is 7. The van der Waals surface area contributed by atoms with Crippen LogP contribution in [0.2, 0.25) is 0 Å². The minimum atomic E-state index is -2.59. The summed E-state index contributed by atoms with van der Waals surface area (Å²) < 4.78 is 0. The first-order valence-corrected chi connectivity index (χ1v) is 17.4. The van der Waals surface area contributed by atoms with Gasteiger partial charge in [-0.2, -0.15) is 0 Å². The molecule has 0 N–H and O–H groups in total. The van der Waals surface area contributed by atoms with Crippen LogP contribution in [0.4, 0.5) is 11.4 Å². The van der Waals surface area contributed by atoms with E-state index in [1.165, 1.54) is 58.4 Å². The maximum absolute atomic E-state index is 2.84. The molecule has 1 nitrogen and oxygen atoms in total. The van der Waals surface area contributed by atoms with E-state index < -0.39 is 8.07 Å². The number of nitrogens with zero attached hydrogens (tertiary/aromatic N) is 1. The van der Waals surface area contributed by atoms with E-state index in [2.05, 4.69) is 140 Å². The molecule has 3 heteroatoms. The van der Waals surface area contributed by atoms with Gasteiger partial charge in [-0.25, -0.2) is 0 Å². The van der Waals surface area contributed by atoms with Crippen molar-refractivity contribution in [3.8, 4) is 0 Å². The third kappa shape index (κ3) is 2.70. The summed E-state index contributed by atoms with van der Waals surface area (Å²) in [5, 5.41) is 6.06. The Morgan fingerprint density at radius 2 is 1.22 bits per heavy atom. The highest BCUT2D eigenvalue weighted by atomic mass is 28.3. The fourth-order valence-corrected chi connectivity index (χ4v) is 14.9. The van der Waals surface area contributed by atoms with Crippen LogP contribution in [0.5, 0.6) is 0 Å². The largest absolute Gasteiger partial charge is 0.335 e. The van der Waals surface area contributed by atoms with Crippen molar-refractivity contribution in [2.75, 3.05) is 4.90 Å². The maximum Gasteiger partial charge on any atom is 0.246 e. The minimum Gasteiger partial charge on any atom is -0.335 e. The van der Waals surface area contributed by atoms with Crippen LogP contribution in [-0.4, -0.2) is 20.3 Å². The first-order chi connectivity index (χ1) is 20.1. The van der Waals surface area contributed by atoms with Gasteiger partial charge < -0.3 is 4.90 Å². The molecule has 1 aliphatic carbocycles. The van der Waals surface area contributed by atoms with Gasteiger partial charge in [0, 0.05) is 16.8 Å². The van der Waals surface area contributed by atoms with Gasteiger partial charge in [-0.05, 0) is 63.1 Å². The summed E-state index contributed by atoms with van der Waals surface area (Å²) in [5.74, 6) is 0. The van der Waals surface area contributed by atoms with Crippen molar-refractivity contribution in [3.63, 3.8) is 0 Å². The average molecular weight is 544 g/mol. The summed E-state index contributed by atoms with van der Waals surface area (Å²) in [4.78, 5) is 2.84. The molecule has 198 valence electrons. The van der Waals surface area contributed by atoms with Crippen LogP contribution in [0, 0.1) is 0 Å². The van der Waals surface area contributed by atoms with Gasteiger partial charge in [0.2, 0.25) is 6.71 Å². The second-order valence-electron chi connectivity index (χ2n) is 13.1. The van der Waals surface area contributed by atoms with Crippen molar-refractivity contribution in [1.82, 2.24) is 0 Å². The summed E-state index contributed by atoms with van der Waals surface area (Å²) in [6.07, 6.45) is 5.13. The molecule has 5 aromatic rings. The molecule has 1 saturated carbocycles. The summed E-state index contributed by atoms with van der Waals surface area (Å²) in [5.41, 5.74) is 9.35. The van der Waals surface area contributed by atoms with Crippen LogP contribution < -0.4 is 42.0 Å². The van der Waals surface area contributed by atoms with E-state index in [-0.39, 0.29) is 17.7 Å². The van der Waals surface area contributed by atoms with Crippen LogP contribution in [-0.2, 0) is 5.41 Å². The fourth-order valence-electron chi connectivity index (χ4n) is 9.66. The van der Waals surface area contributed by atoms with Crippen molar-refractivity contribution < 1.29 is 0 Å².